The van der Waals surface area contributed by atoms with Crippen molar-refractivity contribution in [3.05, 3.63) is 77.7 Å². The highest BCUT2D eigenvalue weighted by atomic mass is 19.1. The first kappa shape index (κ1) is 18.8. The number of halogens is 1. The van der Waals surface area contributed by atoms with Crippen molar-refractivity contribution in [2.45, 2.75) is 34.1 Å². The summed E-state index contributed by atoms with van der Waals surface area (Å²) in [7, 11) is 0. The Labute approximate surface area is 175 Å². The molecule has 2 heterocycles. The highest BCUT2D eigenvalue weighted by Crippen LogP contribution is 2.39. The monoisotopic (exact) mass is 397 g/mol. The number of fused-ring (bicyclic) bond motifs is 4. The molecule has 0 spiro atoms. The van der Waals surface area contributed by atoms with Crippen LogP contribution in [0, 0.1) is 18.2 Å². The number of pyridine rings is 1. The fraction of sp³-hybridized carbons (Fsp3) is 0.222. The first-order valence-electron chi connectivity index (χ1n) is 10.3. The molecule has 0 aliphatic heterocycles. The van der Waals surface area contributed by atoms with Gasteiger partial charge in [-0.3, -0.25) is 4.98 Å². The Balaban J connectivity index is 1.79. The molecule has 0 saturated carbocycles. The van der Waals surface area contributed by atoms with Crippen molar-refractivity contribution >= 4 is 32.7 Å². The van der Waals surface area contributed by atoms with E-state index in [2.05, 4.69) is 50.9 Å². The summed E-state index contributed by atoms with van der Waals surface area (Å²) in [6.45, 7) is 8.44. The Morgan fingerprint density at radius 1 is 0.933 bits per heavy atom. The van der Waals surface area contributed by atoms with Crippen molar-refractivity contribution in [3.8, 4) is 11.3 Å². The molecule has 30 heavy (non-hydrogen) atoms. The number of benzene rings is 3. The number of aryl methyl sites for hydroxylation is 1. The maximum Gasteiger partial charge on any atom is 0.144 e. The molecule has 0 N–H and O–H groups in total. The van der Waals surface area contributed by atoms with Crippen LogP contribution in [0.5, 0.6) is 0 Å². The molecule has 5 aromatic rings. The predicted molar refractivity (Wildman–Crippen MR) is 122 cm³/mol. The van der Waals surface area contributed by atoms with Crippen LogP contribution < -0.4 is 0 Å². The zero-order chi connectivity index (χ0) is 21.0. The number of furan rings is 1. The molecule has 0 bridgehead atoms. The van der Waals surface area contributed by atoms with Gasteiger partial charge < -0.3 is 4.42 Å². The van der Waals surface area contributed by atoms with Gasteiger partial charge in [-0.1, -0.05) is 39.0 Å². The molecule has 3 heteroatoms. The fourth-order valence-electron chi connectivity index (χ4n) is 4.31. The van der Waals surface area contributed by atoms with E-state index in [0.717, 1.165) is 55.1 Å². The normalized spacial score (nSPS) is 12.3. The zero-order valence-electron chi connectivity index (χ0n) is 17.7. The number of rotatable bonds is 2. The van der Waals surface area contributed by atoms with Crippen molar-refractivity contribution in [1.82, 2.24) is 4.98 Å². The summed E-state index contributed by atoms with van der Waals surface area (Å²) in [6, 6.07) is 17.8. The molecule has 3 aromatic carbocycles. The second-order valence-electron chi connectivity index (χ2n) is 9.35. The second kappa shape index (κ2) is 6.66. The number of aromatic nitrogens is 1. The highest BCUT2D eigenvalue weighted by Gasteiger charge is 2.19. The van der Waals surface area contributed by atoms with Crippen molar-refractivity contribution in [2.24, 2.45) is 5.41 Å². The molecule has 5 rings (SSSR count). The molecule has 150 valence electrons. The van der Waals surface area contributed by atoms with E-state index in [1.807, 2.05) is 30.3 Å². The largest absolute Gasteiger partial charge is 0.455 e. The van der Waals surface area contributed by atoms with Crippen LogP contribution >= 0.6 is 0 Å². The minimum absolute atomic E-state index is 0.0152. The lowest BCUT2D eigenvalue weighted by Crippen LogP contribution is -2.10. The van der Waals surface area contributed by atoms with Gasteiger partial charge in [0.2, 0.25) is 0 Å². The van der Waals surface area contributed by atoms with Gasteiger partial charge in [-0.15, -0.1) is 0 Å². The van der Waals surface area contributed by atoms with Gasteiger partial charge in [0.1, 0.15) is 17.0 Å². The third kappa shape index (κ3) is 3.15. The van der Waals surface area contributed by atoms with Gasteiger partial charge >= 0.3 is 0 Å². The van der Waals surface area contributed by atoms with Crippen LogP contribution in [0.25, 0.3) is 44.0 Å². The summed E-state index contributed by atoms with van der Waals surface area (Å²) < 4.78 is 21.3. The van der Waals surface area contributed by atoms with E-state index in [-0.39, 0.29) is 11.2 Å². The summed E-state index contributed by atoms with van der Waals surface area (Å²) in [5, 5.41) is 3.94. The Morgan fingerprint density at radius 2 is 1.73 bits per heavy atom. The first-order valence-corrected chi connectivity index (χ1v) is 10.3. The van der Waals surface area contributed by atoms with Gasteiger partial charge in [-0.25, -0.2) is 4.39 Å². The third-order valence-corrected chi connectivity index (χ3v) is 5.53. The molecule has 0 atom stereocenters. The summed E-state index contributed by atoms with van der Waals surface area (Å²) in [6.07, 6.45) is 2.48. The van der Waals surface area contributed by atoms with E-state index in [0.29, 0.717) is 6.42 Å². The quantitative estimate of drug-likeness (QED) is 0.303. The van der Waals surface area contributed by atoms with Crippen molar-refractivity contribution in [2.75, 3.05) is 0 Å². The van der Waals surface area contributed by atoms with Crippen LogP contribution in [-0.4, -0.2) is 4.98 Å². The van der Waals surface area contributed by atoms with Crippen LogP contribution in [0.4, 0.5) is 4.39 Å². The summed E-state index contributed by atoms with van der Waals surface area (Å²) >= 11 is 0. The Bertz CT molecular complexity index is 1420. The Hall–Kier alpha value is -3.20. The maximum absolute atomic E-state index is 15.1. The van der Waals surface area contributed by atoms with Gasteiger partial charge in [-0.2, -0.15) is 0 Å². The molecule has 0 fully saturated rings. The molecular formula is C27H24FNO. The number of hydrogen-bond acceptors (Lipinski definition) is 2. The Kier molecular flexibility index (Phi) is 4.18. The molecule has 0 aliphatic rings. The second-order valence-corrected chi connectivity index (χ2v) is 9.35. The third-order valence-electron chi connectivity index (χ3n) is 5.53. The fourth-order valence-corrected chi connectivity index (χ4v) is 4.31. The van der Waals surface area contributed by atoms with Crippen LogP contribution in [0.1, 0.15) is 31.9 Å². The average Bonchev–Trinajstić information content (AvgIpc) is 3.05. The van der Waals surface area contributed by atoms with Crippen molar-refractivity contribution in [3.63, 3.8) is 0 Å². The summed E-state index contributed by atoms with van der Waals surface area (Å²) in [5.41, 5.74) is 5.16. The van der Waals surface area contributed by atoms with E-state index in [9.17, 15) is 0 Å². The lowest BCUT2D eigenvalue weighted by Gasteiger charge is -2.19. The molecule has 0 saturated heterocycles. The molecule has 0 aliphatic carbocycles. The number of nitrogens with zero attached hydrogens (tertiary/aromatic N) is 1. The molecule has 0 unspecified atom stereocenters. The van der Waals surface area contributed by atoms with Gasteiger partial charge in [0.05, 0.1) is 5.69 Å². The van der Waals surface area contributed by atoms with Gasteiger partial charge in [0.15, 0.2) is 0 Å². The van der Waals surface area contributed by atoms with Crippen LogP contribution in [0.2, 0.25) is 0 Å². The van der Waals surface area contributed by atoms with Crippen LogP contribution in [0.3, 0.4) is 0 Å². The smallest absolute Gasteiger partial charge is 0.144 e. The SMILES string of the molecule is Cc1cc(-c2nccc3cc(CC(C)(C)C)c(F)cc23)c2oc3ccccc3c2c1. The van der Waals surface area contributed by atoms with E-state index < -0.39 is 0 Å². The van der Waals surface area contributed by atoms with E-state index in [1.54, 1.807) is 12.3 Å². The minimum Gasteiger partial charge on any atom is -0.455 e. The number of hydrogen-bond donors (Lipinski definition) is 0. The van der Waals surface area contributed by atoms with Gasteiger partial charge in [0.25, 0.3) is 0 Å². The summed E-state index contributed by atoms with van der Waals surface area (Å²) in [4.78, 5) is 4.66. The van der Waals surface area contributed by atoms with Gasteiger partial charge in [-0.05, 0) is 71.7 Å². The van der Waals surface area contributed by atoms with Crippen molar-refractivity contribution in [1.29, 1.82) is 0 Å². The molecule has 0 radical (unpaired) electrons. The van der Waals surface area contributed by atoms with Gasteiger partial charge in [0, 0.05) is 27.9 Å². The molecular weight excluding hydrogens is 373 g/mol. The van der Waals surface area contributed by atoms with Crippen molar-refractivity contribution < 1.29 is 8.81 Å². The molecule has 2 aromatic heterocycles. The zero-order valence-corrected chi connectivity index (χ0v) is 17.7. The number of para-hydroxylation sites is 1. The maximum atomic E-state index is 15.1. The topological polar surface area (TPSA) is 26.0 Å². The predicted octanol–water partition coefficient (Wildman–Crippen LogP) is 7.84. The molecule has 2 nitrogen and oxygen atoms in total. The lowest BCUT2D eigenvalue weighted by molar-refractivity contribution is 0.402. The summed E-state index contributed by atoms with van der Waals surface area (Å²) in [5.74, 6) is -0.180. The molecule has 0 amide bonds. The standard InChI is InChI=1S/C27H24FNO/c1-16-11-21-19-7-5-6-8-24(19)30-26(21)22(12-16)25-20-14-23(28)18(15-27(2,3)4)13-17(20)9-10-29-25/h5-14H,15H2,1-4H3. The minimum atomic E-state index is -0.180. The van der Waals surface area contributed by atoms with Crippen LogP contribution in [0.15, 0.2) is 65.2 Å². The first-order chi connectivity index (χ1) is 14.3. The van der Waals surface area contributed by atoms with Crippen LogP contribution in [-0.2, 0) is 6.42 Å². The Morgan fingerprint density at radius 3 is 2.53 bits per heavy atom. The van der Waals surface area contributed by atoms with E-state index >= 15 is 4.39 Å². The van der Waals surface area contributed by atoms with E-state index in [1.165, 1.54) is 0 Å². The lowest BCUT2D eigenvalue weighted by atomic mass is 9.87. The van der Waals surface area contributed by atoms with E-state index in [4.69, 9.17) is 4.42 Å². The average molecular weight is 397 g/mol. The highest BCUT2D eigenvalue weighted by molar-refractivity contribution is 6.11.